The first-order valence-corrected chi connectivity index (χ1v) is 9.20. The number of fused-ring (bicyclic) bond motifs is 1. The molecule has 0 saturated carbocycles. The van der Waals surface area contributed by atoms with Crippen LogP contribution in [0, 0.1) is 0 Å². The third-order valence-electron chi connectivity index (χ3n) is 4.07. The third kappa shape index (κ3) is 3.17. The van der Waals surface area contributed by atoms with E-state index in [1.165, 1.54) is 16.3 Å². The van der Waals surface area contributed by atoms with Crippen LogP contribution in [-0.4, -0.2) is 42.7 Å². The Morgan fingerprint density at radius 1 is 1.15 bits per heavy atom. The third-order valence-corrected chi connectivity index (χ3v) is 5.08. The van der Waals surface area contributed by atoms with Crippen LogP contribution in [0.2, 0.25) is 0 Å². The second-order valence-electron chi connectivity index (χ2n) is 6.27. The van der Waals surface area contributed by atoms with Gasteiger partial charge in [-0.3, -0.25) is 4.79 Å². The summed E-state index contributed by atoms with van der Waals surface area (Å²) in [5, 5.41) is 6.56. The zero-order valence-electron chi connectivity index (χ0n) is 15.2. The van der Waals surface area contributed by atoms with Crippen molar-refractivity contribution in [2.75, 3.05) is 26.2 Å². The summed E-state index contributed by atoms with van der Waals surface area (Å²) in [5.74, 6) is 0.519. The van der Waals surface area contributed by atoms with Crippen molar-refractivity contribution in [3.8, 4) is 5.75 Å². The van der Waals surface area contributed by atoms with Crippen molar-refractivity contribution in [2.45, 2.75) is 0 Å². The van der Waals surface area contributed by atoms with Gasteiger partial charge in [-0.05, 0) is 24.3 Å². The number of hydrazone groups is 1. The van der Waals surface area contributed by atoms with Crippen molar-refractivity contribution in [1.29, 1.82) is 0 Å². The molecule has 0 saturated heterocycles. The van der Waals surface area contributed by atoms with Gasteiger partial charge in [0.2, 0.25) is 5.13 Å². The average molecular weight is 378 g/mol. The molecule has 136 valence electrons. The minimum atomic E-state index is -0.194. The molecule has 2 heterocycles. The van der Waals surface area contributed by atoms with E-state index in [0.29, 0.717) is 22.2 Å². The normalized spacial score (nSPS) is 15.5. The number of rotatable bonds is 4. The number of nitrogens with zero attached hydrogens (tertiary/aromatic N) is 4. The van der Waals surface area contributed by atoms with E-state index in [9.17, 15) is 4.79 Å². The fourth-order valence-corrected chi connectivity index (χ4v) is 3.77. The molecule has 0 radical (unpaired) electrons. The number of benzene rings is 2. The molecule has 2 aromatic carbocycles. The maximum absolute atomic E-state index is 13.1. The maximum Gasteiger partial charge on any atom is 0.284 e. The monoisotopic (exact) mass is 378 g/mol. The first-order valence-electron chi connectivity index (χ1n) is 8.38. The quantitative estimate of drug-likeness (QED) is 0.652. The van der Waals surface area contributed by atoms with Gasteiger partial charge in [-0.15, -0.1) is 0 Å². The number of anilines is 1. The van der Waals surface area contributed by atoms with Crippen LogP contribution >= 0.6 is 11.3 Å². The molecular weight excluding hydrogens is 360 g/mol. The number of carbonyl (C=O) groups is 1. The van der Waals surface area contributed by atoms with Crippen molar-refractivity contribution < 1.29 is 9.53 Å². The van der Waals surface area contributed by atoms with Crippen LogP contribution in [0.15, 0.2) is 65.4 Å². The van der Waals surface area contributed by atoms with E-state index in [2.05, 4.69) is 10.1 Å². The Balaban J connectivity index is 1.83. The standard InChI is InChI=1S/C20H18N4O2S/c1-23(2)12-15-18(13-7-6-8-14(11-13)26-3)22-24(19(15)25)20-21-16-9-4-5-10-17(16)27-20/h4-12H,1-3H3. The van der Waals surface area contributed by atoms with E-state index in [-0.39, 0.29) is 5.91 Å². The smallest absolute Gasteiger partial charge is 0.284 e. The summed E-state index contributed by atoms with van der Waals surface area (Å²) in [5.41, 5.74) is 2.80. The van der Waals surface area contributed by atoms with Crippen LogP contribution in [0.5, 0.6) is 5.75 Å². The lowest BCUT2D eigenvalue weighted by atomic mass is 10.0. The molecule has 0 aliphatic carbocycles. The molecule has 1 amide bonds. The molecule has 27 heavy (non-hydrogen) atoms. The van der Waals surface area contributed by atoms with Crippen LogP contribution in [-0.2, 0) is 4.79 Å². The fraction of sp³-hybridized carbons (Fsp3) is 0.150. The van der Waals surface area contributed by atoms with Crippen molar-refractivity contribution in [1.82, 2.24) is 9.88 Å². The molecule has 0 N–H and O–H groups in total. The van der Waals surface area contributed by atoms with Crippen molar-refractivity contribution in [2.24, 2.45) is 5.10 Å². The predicted octanol–water partition coefficient (Wildman–Crippen LogP) is 3.50. The molecule has 0 fully saturated rings. The first-order chi connectivity index (χ1) is 13.1. The van der Waals surface area contributed by atoms with Gasteiger partial charge in [0.05, 0.1) is 22.9 Å². The molecule has 1 aliphatic heterocycles. The number of aromatic nitrogens is 1. The average Bonchev–Trinajstić information content (AvgIpc) is 3.23. The van der Waals surface area contributed by atoms with Gasteiger partial charge in [0.15, 0.2) is 0 Å². The van der Waals surface area contributed by atoms with Gasteiger partial charge in [-0.2, -0.15) is 10.1 Å². The highest BCUT2D eigenvalue weighted by atomic mass is 32.1. The topological polar surface area (TPSA) is 58.0 Å². The summed E-state index contributed by atoms with van der Waals surface area (Å²) in [7, 11) is 5.37. The maximum atomic E-state index is 13.1. The summed E-state index contributed by atoms with van der Waals surface area (Å²) < 4.78 is 6.33. The molecule has 3 aromatic rings. The zero-order valence-corrected chi connectivity index (χ0v) is 16.0. The number of hydrogen-bond acceptors (Lipinski definition) is 6. The minimum Gasteiger partial charge on any atom is -0.497 e. The second-order valence-corrected chi connectivity index (χ2v) is 7.28. The van der Waals surface area contributed by atoms with Gasteiger partial charge in [0.1, 0.15) is 11.5 Å². The van der Waals surface area contributed by atoms with Gasteiger partial charge in [-0.1, -0.05) is 35.6 Å². The Kier molecular flexibility index (Phi) is 4.37. The molecular formula is C20H18N4O2S. The van der Waals surface area contributed by atoms with Crippen LogP contribution < -0.4 is 9.75 Å². The molecule has 6 nitrogen and oxygen atoms in total. The summed E-state index contributed by atoms with van der Waals surface area (Å²) in [4.78, 5) is 19.5. The first kappa shape index (κ1) is 17.2. The fourth-order valence-electron chi connectivity index (χ4n) is 2.85. The highest BCUT2D eigenvalue weighted by Crippen LogP contribution is 2.33. The van der Waals surface area contributed by atoms with Gasteiger partial charge in [-0.25, -0.2) is 4.98 Å². The molecule has 0 unspecified atom stereocenters. The van der Waals surface area contributed by atoms with Gasteiger partial charge in [0.25, 0.3) is 5.91 Å². The largest absolute Gasteiger partial charge is 0.497 e. The van der Waals surface area contributed by atoms with Crippen LogP contribution in [0.3, 0.4) is 0 Å². The highest BCUT2D eigenvalue weighted by Gasteiger charge is 2.34. The van der Waals surface area contributed by atoms with Crippen LogP contribution in [0.4, 0.5) is 5.13 Å². The number of carbonyl (C=O) groups excluding carboxylic acids is 1. The number of thiazole rings is 1. The van der Waals surface area contributed by atoms with E-state index in [1.54, 1.807) is 13.3 Å². The lowest BCUT2D eigenvalue weighted by Gasteiger charge is -2.09. The van der Waals surface area contributed by atoms with Crippen molar-refractivity contribution in [3.05, 3.63) is 65.9 Å². The van der Waals surface area contributed by atoms with Crippen molar-refractivity contribution in [3.63, 3.8) is 0 Å². The number of hydrogen-bond donors (Lipinski definition) is 0. The lowest BCUT2D eigenvalue weighted by Crippen LogP contribution is -2.22. The summed E-state index contributed by atoms with van der Waals surface area (Å²) in [6.07, 6.45) is 1.79. The van der Waals surface area contributed by atoms with Gasteiger partial charge in [0, 0.05) is 25.9 Å². The Bertz CT molecular complexity index is 1050. The summed E-state index contributed by atoms with van der Waals surface area (Å²) >= 11 is 1.45. The number of methoxy groups -OCH3 is 1. The summed E-state index contributed by atoms with van der Waals surface area (Å²) in [6.45, 7) is 0. The minimum absolute atomic E-state index is 0.194. The predicted molar refractivity (Wildman–Crippen MR) is 108 cm³/mol. The second kappa shape index (κ2) is 6.85. The molecule has 7 heteroatoms. The molecule has 0 atom stereocenters. The molecule has 0 spiro atoms. The molecule has 0 bridgehead atoms. The number of ether oxygens (including phenoxy) is 1. The highest BCUT2D eigenvalue weighted by molar-refractivity contribution is 7.22. The molecule has 1 aliphatic rings. The number of para-hydroxylation sites is 1. The Hall–Kier alpha value is -3.19. The number of amides is 1. The Labute approximate surface area is 161 Å². The van der Waals surface area contributed by atoms with Crippen LogP contribution in [0.1, 0.15) is 5.56 Å². The van der Waals surface area contributed by atoms with E-state index in [0.717, 1.165) is 15.8 Å². The van der Waals surface area contributed by atoms with Gasteiger partial charge < -0.3 is 9.64 Å². The Morgan fingerprint density at radius 3 is 2.70 bits per heavy atom. The molecule has 1 aromatic heterocycles. The Morgan fingerprint density at radius 2 is 1.96 bits per heavy atom. The van der Waals surface area contributed by atoms with Crippen molar-refractivity contribution >= 4 is 38.3 Å². The van der Waals surface area contributed by atoms with E-state index in [1.807, 2.05) is 67.5 Å². The molecule has 4 rings (SSSR count). The zero-order chi connectivity index (χ0) is 19.0. The van der Waals surface area contributed by atoms with Crippen LogP contribution in [0.25, 0.3) is 10.2 Å². The summed E-state index contributed by atoms with van der Waals surface area (Å²) in [6, 6.07) is 15.3. The lowest BCUT2D eigenvalue weighted by molar-refractivity contribution is -0.114. The van der Waals surface area contributed by atoms with Gasteiger partial charge >= 0.3 is 0 Å². The van der Waals surface area contributed by atoms with E-state index >= 15 is 0 Å². The van der Waals surface area contributed by atoms with E-state index < -0.39 is 0 Å². The van der Waals surface area contributed by atoms with E-state index in [4.69, 9.17) is 4.74 Å². The SMILES string of the molecule is COc1cccc(C2=NN(c3nc4ccccc4s3)C(=O)C2=CN(C)C)c1.